The molecule has 12 heteroatoms. The van der Waals surface area contributed by atoms with E-state index in [1.165, 1.54) is 13.3 Å². The SMILES string of the molecule is CON1N=C(C(Br)c2ccn3cc(P(=O)(O)O)nc3c2)NN1. The van der Waals surface area contributed by atoms with Crippen LogP contribution in [0.2, 0.25) is 0 Å². The zero-order valence-corrected chi connectivity index (χ0v) is 13.7. The van der Waals surface area contributed by atoms with Crippen molar-refractivity contribution in [3.63, 3.8) is 0 Å². The third kappa shape index (κ3) is 2.86. The number of halogens is 1. The van der Waals surface area contributed by atoms with Gasteiger partial charge >= 0.3 is 7.60 Å². The zero-order chi connectivity index (χ0) is 15.9. The lowest BCUT2D eigenvalue weighted by Crippen LogP contribution is -2.38. The number of fused-ring (bicyclic) bond motifs is 1. The van der Waals surface area contributed by atoms with Crippen molar-refractivity contribution in [2.45, 2.75) is 4.83 Å². The molecule has 0 saturated heterocycles. The first-order valence-corrected chi connectivity index (χ1v) is 8.54. The lowest BCUT2D eigenvalue weighted by Gasteiger charge is -2.09. The molecule has 1 unspecified atom stereocenters. The van der Waals surface area contributed by atoms with Crippen LogP contribution in [0.15, 0.2) is 29.6 Å². The van der Waals surface area contributed by atoms with Crippen molar-refractivity contribution in [2.75, 3.05) is 7.11 Å². The van der Waals surface area contributed by atoms with Gasteiger partial charge in [-0.3, -0.25) is 9.99 Å². The van der Waals surface area contributed by atoms with Gasteiger partial charge in [0.05, 0.1) is 7.11 Å². The van der Waals surface area contributed by atoms with Crippen LogP contribution in [0.25, 0.3) is 5.65 Å². The number of nitrogens with zero attached hydrogens (tertiary/aromatic N) is 4. The zero-order valence-electron chi connectivity index (χ0n) is 11.2. The van der Waals surface area contributed by atoms with E-state index in [2.05, 4.69) is 37.0 Å². The average molecular weight is 391 g/mol. The third-order valence-corrected chi connectivity index (χ3v) is 4.73. The summed E-state index contributed by atoms with van der Waals surface area (Å²) >= 11 is 3.50. The summed E-state index contributed by atoms with van der Waals surface area (Å²) in [6.45, 7) is 0. The van der Waals surface area contributed by atoms with Gasteiger partial charge in [-0.05, 0) is 17.7 Å². The number of alkyl halides is 1. The van der Waals surface area contributed by atoms with Crippen LogP contribution in [0.3, 0.4) is 0 Å². The number of nitrogens with one attached hydrogen (secondary N) is 2. The summed E-state index contributed by atoms with van der Waals surface area (Å²) in [5.74, 6) is 0.563. The summed E-state index contributed by atoms with van der Waals surface area (Å²) < 4.78 is 12.8. The summed E-state index contributed by atoms with van der Waals surface area (Å²) in [6.07, 6.45) is 2.98. The van der Waals surface area contributed by atoms with E-state index >= 15 is 0 Å². The summed E-state index contributed by atoms with van der Waals surface area (Å²) in [5, 5.41) is 5.27. The van der Waals surface area contributed by atoms with E-state index < -0.39 is 7.60 Å². The molecule has 22 heavy (non-hydrogen) atoms. The minimum absolute atomic E-state index is 0.265. The van der Waals surface area contributed by atoms with Gasteiger partial charge in [0.2, 0.25) is 0 Å². The number of imidazole rings is 1. The van der Waals surface area contributed by atoms with E-state index in [1.54, 1.807) is 22.7 Å². The summed E-state index contributed by atoms with van der Waals surface area (Å²) in [6, 6.07) is 3.50. The normalized spacial score (nSPS) is 16.7. The molecular weight excluding hydrogens is 379 g/mol. The first kappa shape index (κ1) is 15.4. The largest absolute Gasteiger partial charge is 0.376 e. The van der Waals surface area contributed by atoms with Crippen molar-refractivity contribution in [3.8, 4) is 0 Å². The van der Waals surface area contributed by atoms with E-state index in [0.29, 0.717) is 11.5 Å². The lowest BCUT2D eigenvalue weighted by atomic mass is 10.2. The minimum atomic E-state index is -4.38. The number of hydrazone groups is 1. The Kier molecular flexibility index (Phi) is 3.93. The second-order valence-corrected chi connectivity index (χ2v) is 6.87. The summed E-state index contributed by atoms with van der Waals surface area (Å²) in [7, 11) is -2.91. The first-order valence-electron chi connectivity index (χ1n) is 6.02. The Morgan fingerprint density at radius 2 is 2.27 bits per heavy atom. The molecule has 0 saturated carbocycles. The number of rotatable bonds is 4. The second kappa shape index (κ2) is 5.61. The van der Waals surface area contributed by atoms with Gasteiger partial charge in [0.25, 0.3) is 0 Å². The molecule has 4 N–H and O–H groups in total. The molecule has 0 bridgehead atoms. The molecule has 0 aromatic carbocycles. The fourth-order valence-corrected chi connectivity index (χ4v) is 2.89. The molecule has 0 aliphatic carbocycles. The smallest absolute Gasteiger partial charge is 0.320 e. The molecule has 1 atom stereocenters. The van der Waals surface area contributed by atoms with Crippen molar-refractivity contribution in [1.82, 2.24) is 25.6 Å². The average Bonchev–Trinajstić information content (AvgIpc) is 3.11. The highest BCUT2D eigenvalue weighted by Gasteiger charge is 2.24. The van der Waals surface area contributed by atoms with E-state index in [0.717, 1.165) is 10.8 Å². The van der Waals surface area contributed by atoms with E-state index in [9.17, 15) is 4.57 Å². The van der Waals surface area contributed by atoms with E-state index in [-0.39, 0.29) is 10.3 Å². The molecule has 0 radical (unpaired) electrons. The van der Waals surface area contributed by atoms with Crippen LogP contribution in [0.4, 0.5) is 0 Å². The molecule has 10 nitrogen and oxygen atoms in total. The van der Waals surface area contributed by atoms with Gasteiger partial charge in [-0.15, -0.1) is 10.6 Å². The van der Waals surface area contributed by atoms with Gasteiger partial charge in [0.15, 0.2) is 11.3 Å². The van der Waals surface area contributed by atoms with Gasteiger partial charge in [-0.25, -0.2) is 9.82 Å². The highest BCUT2D eigenvalue weighted by atomic mass is 79.9. The molecule has 3 heterocycles. The van der Waals surface area contributed by atoms with Gasteiger partial charge in [0.1, 0.15) is 10.5 Å². The van der Waals surface area contributed by atoms with Crippen LogP contribution < -0.4 is 16.4 Å². The molecule has 3 rings (SSSR count). The Morgan fingerprint density at radius 1 is 1.50 bits per heavy atom. The van der Waals surface area contributed by atoms with E-state index in [1.807, 2.05) is 0 Å². The Hall–Kier alpha value is -1.49. The maximum absolute atomic E-state index is 11.3. The molecule has 0 fully saturated rings. The second-order valence-electron chi connectivity index (χ2n) is 4.41. The molecule has 118 valence electrons. The molecule has 0 amide bonds. The highest BCUT2D eigenvalue weighted by molar-refractivity contribution is 9.09. The summed E-state index contributed by atoms with van der Waals surface area (Å²) in [4.78, 5) is 26.9. The van der Waals surface area contributed by atoms with Gasteiger partial charge in [0, 0.05) is 12.4 Å². The quantitative estimate of drug-likeness (QED) is 0.417. The number of aromatic nitrogens is 2. The predicted octanol–water partition coefficient (Wildman–Crippen LogP) is -0.227. The van der Waals surface area contributed by atoms with Crippen molar-refractivity contribution < 1.29 is 19.2 Å². The van der Waals surface area contributed by atoms with Crippen molar-refractivity contribution in [3.05, 3.63) is 30.1 Å². The Bertz CT molecular complexity index is 789. The van der Waals surface area contributed by atoms with Gasteiger partial charge in [-0.2, -0.15) is 0 Å². The number of amidine groups is 1. The molecule has 0 spiro atoms. The van der Waals surface area contributed by atoms with Crippen LogP contribution in [-0.4, -0.2) is 37.4 Å². The van der Waals surface area contributed by atoms with Gasteiger partial charge < -0.3 is 14.2 Å². The maximum atomic E-state index is 11.3. The van der Waals surface area contributed by atoms with Crippen LogP contribution >= 0.6 is 23.5 Å². The topological polar surface area (TPSA) is 124 Å². The maximum Gasteiger partial charge on any atom is 0.376 e. The monoisotopic (exact) mass is 390 g/mol. The fraction of sp³-hybridized carbons (Fsp3) is 0.200. The van der Waals surface area contributed by atoms with Crippen molar-refractivity contribution >= 4 is 40.4 Å². The molecule has 2 aromatic rings. The number of pyridine rings is 1. The lowest BCUT2D eigenvalue weighted by molar-refractivity contribution is -0.167. The van der Waals surface area contributed by atoms with E-state index in [4.69, 9.17) is 14.6 Å². The fourth-order valence-electron chi connectivity index (χ4n) is 1.89. The number of hydrogen-bond acceptors (Lipinski definition) is 7. The highest BCUT2D eigenvalue weighted by Crippen LogP contribution is 2.33. The first-order chi connectivity index (χ1) is 10.4. The van der Waals surface area contributed by atoms with Crippen molar-refractivity contribution in [1.29, 1.82) is 0 Å². The summed E-state index contributed by atoms with van der Waals surface area (Å²) in [5.41, 5.74) is 6.48. The van der Waals surface area contributed by atoms with Crippen LogP contribution in [0.5, 0.6) is 0 Å². The van der Waals surface area contributed by atoms with Gasteiger partial charge in [-0.1, -0.05) is 21.2 Å². The molecule has 2 aromatic heterocycles. The van der Waals surface area contributed by atoms with Crippen LogP contribution in [-0.2, 0) is 9.40 Å². The Balaban J connectivity index is 1.93. The molecule has 1 aliphatic heterocycles. The van der Waals surface area contributed by atoms with Crippen LogP contribution in [0.1, 0.15) is 10.4 Å². The molecular formula is C10H12BrN6O4P. The number of hydrazine groups is 2. The molecule has 1 aliphatic rings. The Morgan fingerprint density at radius 3 is 2.91 bits per heavy atom. The standard InChI is InChI=1S/C10H12BrN6O4P/c1-21-17-14-10(13-15-17)9(11)6-2-3-16-5-8(22(18,19)20)12-7(16)4-6/h2-5,9,15H,1H3,(H,13,14)(H2,18,19,20). The van der Waals surface area contributed by atoms with Crippen molar-refractivity contribution in [2.24, 2.45) is 5.10 Å². The predicted molar refractivity (Wildman–Crippen MR) is 81.1 cm³/mol. The van der Waals surface area contributed by atoms with Crippen LogP contribution in [0, 0.1) is 0 Å². The third-order valence-electron chi connectivity index (χ3n) is 2.95. The number of hydrogen-bond donors (Lipinski definition) is 4. The Labute approximate surface area is 133 Å². The minimum Gasteiger partial charge on any atom is -0.320 e.